The molecule has 1 aliphatic carbocycles. The molecular formula is C15H21N3OS. The highest BCUT2D eigenvalue weighted by Crippen LogP contribution is 2.34. The molecule has 1 saturated carbocycles. The van der Waals surface area contributed by atoms with Gasteiger partial charge in [0.25, 0.3) is 0 Å². The van der Waals surface area contributed by atoms with Crippen molar-refractivity contribution < 1.29 is 4.74 Å². The van der Waals surface area contributed by atoms with Crippen molar-refractivity contribution in [3.63, 3.8) is 0 Å². The van der Waals surface area contributed by atoms with Crippen LogP contribution in [0.1, 0.15) is 36.1 Å². The number of hydrogen-bond donors (Lipinski definition) is 1. The largest absolute Gasteiger partial charge is 0.477 e. The number of nitrogens with zero attached hydrogens (tertiary/aromatic N) is 2. The van der Waals surface area contributed by atoms with E-state index in [1.54, 1.807) is 17.7 Å². The Balaban J connectivity index is 1.74. The van der Waals surface area contributed by atoms with Crippen molar-refractivity contribution in [3.05, 3.63) is 16.8 Å². The predicted molar refractivity (Wildman–Crippen MR) is 82.3 cm³/mol. The van der Waals surface area contributed by atoms with Crippen molar-refractivity contribution >= 4 is 21.6 Å². The molecule has 1 aliphatic rings. The van der Waals surface area contributed by atoms with Gasteiger partial charge in [-0.25, -0.2) is 9.97 Å². The summed E-state index contributed by atoms with van der Waals surface area (Å²) in [5.74, 6) is 1.35. The van der Waals surface area contributed by atoms with Crippen LogP contribution in [-0.4, -0.2) is 22.6 Å². The molecule has 0 unspecified atom stereocenters. The third-order valence-corrected chi connectivity index (χ3v) is 5.39. The molecule has 0 amide bonds. The van der Waals surface area contributed by atoms with Crippen LogP contribution in [0.3, 0.4) is 0 Å². The van der Waals surface area contributed by atoms with Crippen molar-refractivity contribution in [1.82, 2.24) is 9.97 Å². The second kappa shape index (κ2) is 5.66. The zero-order valence-electron chi connectivity index (χ0n) is 12.1. The fourth-order valence-electron chi connectivity index (χ4n) is 2.81. The van der Waals surface area contributed by atoms with E-state index in [1.807, 2.05) is 0 Å². The molecule has 0 aliphatic heterocycles. The van der Waals surface area contributed by atoms with E-state index >= 15 is 0 Å². The lowest BCUT2D eigenvalue weighted by molar-refractivity contribution is 0.197. The molecule has 0 atom stereocenters. The Labute approximate surface area is 123 Å². The Bertz CT molecular complexity index is 602. The van der Waals surface area contributed by atoms with Crippen LogP contribution in [0.5, 0.6) is 5.88 Å². The number of hydrogen-bond acceptors (Lipinski definition) is 5. The molecule has 108 valence electrons. The second-order valence-electron chi connectivity index (χ2n) is 5.73. The standard InChI is InChI=1S/C15H21N3OS/c1-9-10(2)20-15-13(9)14(17-8-18-15)19-7-11-3-5-12(16)6-4-11/h8,11-12H,3-7,16H2,1-2H3. The predicted octanol–water partition coefficient (Wildman–Crippen LogP) is 3.20. The molecule has 0 bridgehead atoms. The van der Waals surface area contributed by atoms with E-state index in [2.05, 4.69) is 23.8 Å². The Morgan fingerprint density at radius 3 is 2.75 bits per heavy atom. The average Bonchev–Trinajstić information content (AvgIpc) is 2.74. The summed E-state index contributed by atoms with van der Waals surface area (Å²) in [6.07, 6.45) is 6.16. The smallest absolute Gasteiger partial charge is 0.225 e. The minimum absolute atomic E-state index is 0.388. The highest BCUT2D eigenvalue weighted by Gasteiger charge is 2.20. The SMILES string of the molecule is Cc1sc2ncnc(OCC3CCC(N)CC3)c2c1C. The first kappa shape index (κ1) is 13.8. The normalized spacial score (nSPS) is 23.1. The molecule has 4 nitrogen and oxygen atoms in total. The van der Waals surface area contributed by atoms with Gasteiger partial charge in [-0.05, 0) is 51.0 Å². The summed E-state index contributed by atoms with van der Waals surface area (Å²) in [4.78, 5) is 11.0. The van der Waals surface area contributed by atoms with Gasteiger partial charge in [-0.1, -0.05) is 0 Å². The van der Waals surface area contributed by atoms with E-state index in [-0.39, 0.29) is 0 Å². The maximum atomic E-state index is 6.00. The van der Waals surface area contributed by atoms with E-state index in [0.29, 0.717) is 12.0 Å². The van der Waals surface area contributed by atoms with Gasteiger partial charge in [-0.2, -0.15) is 0 Å². The third-order valence-electron chi connectivity index (χ3n) is 4.28. The monoisotopic (exact) mass is 291 g/mol. The van der Waals surface area contributed by atoms with E-state index in [4.69, 9.17) is 10.5 Å². The Kier molecular flexibility index (Phi) is 3.89. The molecule has 0 radical (unpaired) electrons. The van der Waals surface area contributed by atoms with E-state index in [0.717, 1.165) is 48.4 Å². The fourth-order valence-corrected chi connectivity index (χ4v) is 3.80. The van der Waals surface area contributed by atoms with Gasteiger partial charge in [0.15, 0.2) is 0 Å². The van der Waals surface area contributed by atoms with Crippen molar-refractivity contribution in [1.29, 1.82) is 0 Å². The van der Waals surface area contributed by atoms with Gasteiger partial charge in [-0.15, -0.1) is 11.3 Å². The molecule has 0 spiro atoms. The molecule has 5 heteroatoms. The summed E-state index contributed by atoms with van der Waals surface area (Å²) < 4.78 is 6.00. The number of nitrogens with two attached hydrogens (primary N) is 1. The van der Waals surface area contributed by atoms with Crippen molar-refractivity contribution in [3.8, 4) is 5.88 Å². The van der Waals surface area contributed by atoms with Gasteiger partial charge in [0, 0.05) is 10.9 Å². The van der Waals surface area contributed by atoms with Crippen LogP contribution in [0, 0.1) is 19.8 Å². The molecule has 2 heterocycles. The first-order valence-corrected chi connectivity index (χ1v) is 8.06. The Morgan fingerprint density at radius 2 is 2.00 bits per heavy atom. The van der Waals surface area contributed by atoms with Crippen LogP contribution < -0.4 is 10.5 Å². The minimum Gasteiger partial charge on any atom is -0.477 e. The summed E-state index contributed by atoms with van der Waals surface area (Å²) in [5.41, 5.74) is 7.18. The average molecular weight is 291 g/mol. The number of thiophene rings is 1. The van der Waals surface area contributed by atoms with E-state index in [1.165, 1.54) is 10.4 Å². The van der Waals surface area contributed by atoms with E-state index in [9.17, 15) is 0 Å². The molecule has 2 aromatic heterocycles. The van der Waals surface area contributed by atoms with Crippen LogP contribution in [0.25, 0.3) is 10.2 Å². The second-order valence-corrected chi connectivity index (χ2v) is 6.94. The molecule has 1 fully saturated rings. The molecule has 2 aromatic rings. The highest BCUT2D eigenvalue weighted by molar-refractivity contribution is 7.18. The summed E-state index contributed by atoms with van der Waals surface area (Å²) in [6, 6.07) is 0.388. The lowest BCUT2D eigenvalue weighted by Crippen LogP contribution is -2.28. The number of fused-ring (bicyclic) bond motifs is 1. The number of aryl methyl sites for hydroxylation is 2. The van der Waals surface area contributed by atoms with Crippen molar-refractivity contribution in [2.45, 2.75) is 45.6 Å². The summed E-state index contributed by atoms with van der Waals surface area (Å²) >= 11 is 1.71. The van der Waals surface area contributed by atoms with Gasteiger partial charge in [0.2, 0.25) is 5.88 Å². The summed E-state index contributed by atoms with van der Waals surface area (Å²) in [7, 11) is 0. The lowest BCUT2D eigenvalue weighted by atomic mass is 9.87. The highest BCUT2D eigenvalue weighted by atomic mass is 32.1. The minimum atomic E-state index is 0.388. The van der Waals surface area contributed by atoms with Crippen molar-refractivity contribution in [2.75, 3.05) is 6.61 Å². The number of rotatable bonds is 3. The molecule has 20 heavy (non-hydrogen) atoms. The molecule has 0 aromatic carbocycles. The van der Waals surface area contributed by atoms with Gasteiger partial charge in [-0.3, -0.25) is 0 Å². The van der Waals surface area contributed by atoms with Gasteiger partial charge < -0.3 is 10.5 Å². The van der Waals surface area contributed by atoms with Crippen LogP contribution >= 0.6 is 11.3 Å². The van der Waals surface area contributed by atoms with Gasteiger partial charge in [0.05, 0.1) is 12.0 Å². The third kappa shape index (κ3) is 2.65. The molecule has 0 saturated heterocycles. The summed E-state index contributed by atoms with van der Waals surface area (Å²) in [6.45, 7) is 4.98. The first-order chi connectivity index (χ1) is 9.65. The Morgan fingerprint density at radius 1 is 1.25 bits per heavy atom. The van der Waals surface area contributed by atoms with Gasteiger partial charge in [0.1, 0.15) is 11.2 Å². The lowest BCUT2D eigenvalue weighted by Gasteiger charge is -2.25. The Hall–Kier alpha value is -1.20. The summed E-state index contributed by atoms with van der Waals surface area (Å²) in [5, 5.41) is 1.09. The fraction of sp³-hybridized carbons (Fsp3) is 0.600. The van der Waals surface area contributed by atoms with Crippen LogP contribution in [0.15, 0.2) is 6.33 Å². The zero-order valence-corrected chi connectivity index (χ0v) is 12.9. The molecular weight excluding hydrogens is 270 g/mol. The quantitative estimate of drug-likeness (QED) is 0.943. The van der Waals surface area contributed by atoms with Crippen LogP contribution in [-0.2, 0) is 0 Å². The maximum absolute atomic E-state index is 6.00. The topological polar surface area (TPSA) is 61.0 Å². The first-order valence-electron chi connectivity index (χ1n) is 7.24. The maximum Gasteiger partial charge on any atom is 0.225 e. The van der Waals surface area contributed by atoms with E-state index < -0.39 is 0 Å². The molecule has 3 rings (SSSR count). The van der Waals surface area contributed by atoms with Crippen LogP contribution in [0.2, 0.25) is 0 Å². The van der Waals surface area contributed by atoms with Crippen molar-refractivity contribution in [2.24, 2.45) is 11.7 Å². The number of aromatic nitrogens is 2. The zero-order chi connectivity index (χ0) is 14.1. The van der Waals surface area contributed by atoms with Crippen LogP contribution in [0.4, 0.5) is 0 Å². The van der Waals surface area contributed by atoms with Gasteiger partial charge >= 0.3 is 0 Å². The number of ether oxygens (including phenoxy) is 1. The molecule has 2 N–H and O–H groups in total.